The normalized spacial score (nSPS) is 12.7. The van der Waals surface area contributed by atoms with Crippen molar-refractivity contribution in [3.63, 3.8) is 0 Å². The molecule has 0 aromatic rings. The van der Waals surface area contributed by atoms with Crippen LogP contribution in [0.2, 0.25) is 0 Å². The van der Waals surface area contributed by atoms with Gasteiger partial charge >= 0.3 is 0 Å². The first kappa shape index (κ1) is 11.8. The van der Waals surface area contributed by atoms with Crippen LogP contribution in [0.4, 0.5) is 0 Å². The van der Waals surface area contributed by atoms with Crippen molar-refractivity contribution in [1.29, 1.82) is 0 Å². The second-order valence-electron chi connectivity index (χ2n) is 2.48. The molecule has 0 rings (SSSR count). The number of carbonyl (C=O) groups is 1. The van der Waals surface area contributed by atoms with Gasteiger partial charge in [-0.2, -0.15) is 11.8 Å². The zero-order chi connectivity index (χ0) is 9.56. The number of likely N-dealkylation sites (N-methyl/N-ethyl adjacent to an activating group) is 1. The number of aliphatic hydroxyl groups excluding tert-OH is 1. The first-order chi connectivity index (χ1) is 5.67. The van der Waals surface area contributed by atoms with Crippen LogP contribution in [0.5, 0.6) is 0 Å². The fourth-order valence-corrected chi connectivity index (χ4v) is 1.43. The van der Waals surface area contributed by atoms with Gasteiger partial charge in [-0.25, -0.2) is 0 Å². The van der Waals surface area contributed by atoms with Gasteiger partial charge in [0.05, 0.1) is 0 Å². The minimum Gasteiger partial charge on any atom is -0.382 e. The van der Waals surface area contributed by atoms with E-state index in [0.717, 1.165) is 0 Å². The highest BCUT2D eigenvalue weighted by Gasteiger charge is 2.18. The van der Waals surface area contributed by atoms with Crippen LogP contribution in [0.3, 0.4) is 0 Å². The van der Waals surface area contributed by atoms with Gasteiger partial charge in [-0.15, -0.1) is 0 Å². The predicted molar refractivity (Wildman–Crippen MR) is 52.3 cm³/mol. The lowest BCUT2D eigenvalue weighted by atomic mass is 10.3. The molecule has 1 atom stereocenters. The molecule has 0 saturated heterocycles. The molecular formula is C8H17NO2S. The van der Waals surface area contributed by atoms with E-state index in [1.165, 1.54) is 11.8 Å². The van der Waals surface area contributed by atoms with Crippen LogP contribution in [-0.4, -0.2) is 47.1 Å². The Labute approximate surface area is 78.1 Å². The number of nitrogens with zero attached hydrogens (tertiary/aromatic N) is 1. The van der Waals surface area contributed by atoms with E-state index in [0.29, 0.717) is 18.8 Å². The van der Waals surface area contributed by atoms with Crippen molar-refractivity contribution in [3.8, 4) is 0 Å². The molecule has 0 fully saturated rings. The van der Waals surface area contributed by atoms with Crippen LogP contribution in [0.15, 0.2) is 0 Å². The molecule has 1 amide bonds. The summed E-state index contributed by atoms with van der Waals surface area (Å²) in [6.07, 6.45) is 1.04. The highest BCUT2D eigenvalue weighted by atomic mass is 32.2. The molecule has 0 radical (unpaired) electrons. The summed E-state index contributed by atoms with van der Waals surface area (Å²) >= 11 is 1.48. The highest BCUT2D eigenvalue weighted by Crippen LogP contribution is 2.01. The van der Waals surface area contributed by atoms with E-state index in [2.05, 4.69) is 0 Å². The topological polar surface area (TPSA) is 40.5 Å². The Kier molecular flexibility index (Phi) is 6.20. The summed E-state index contributed by atoms with van der Waals surface area (Å²) < 4.78 is 0. The molecule has 3 nitrogen and oxygen atoms in total. The average Bonchev–Trinajstić information content (AvgIpc) is 2.07. The summed E-state index contributed by atoms with van der Waals surface area (Å²) in [6.45, 7) is 5.15. The van der Waals surface area contributed by atoms with Gasteiger partial charge in [-0.1, -0.05) is 0 Å². The third kappa shape index (κ3) is 3.45. The number of hydrogen-bond donors (Lipinski definition) is 1. The molecule has 4 heteroatoms. The predicted octanol–water partition coefficient (Wildman–Crippen LogP) is 0.579. The Hall–Kier alpha value is -0.220. The monoisotopic (exact) mass is 191 g/mol. The maximum atomic E-state index is 11.4. The van der Waals surface area contributed by atoms with Crippen molar-refractivity contribution in [3.05, 3.63) is 0 Å². The molecular weight excluding hydrogens is 174 g/mol. The van der Waals surface area contributed by atoms with E-state index >= 15 is 0 Å². The van der Waals surface area contributed by atoms with Gasteiger partial charge < -0.3 is 10.0 Å². The third-order valence-electron chi connectivity index (χ3n) is 1.68. The Morgan fingerprint density at radius 2 is 2.00 bits per heavy atom. The van der Waals surface area contributed by atoms with Crippen molar-refractivity contribution in [1.82, 2.24) is 4.90 Å². The summed E-state index contributed by atoms with van der Waals surface area (Å²) in [4.78, 5) is 13.0. The number of hydrogen-bond acceptors (Lipinski definition) is 3. The fraction of sp³-hybridized carbons (Fsp3) is 0.875. The number of aliphatic hydroxyl groups is 1. The van der Waals surface area contributed by atoms with E-state index in [1.807, 2.05) is 20.1 Å². The maximum absolute atomic E-state index is 11.4. The first-order valence-corrected chi connectivity index (χ1v) is 5.52. The lowest BCUT2D eigenvalue weighted by Crippen LogP contribution is -2.40. The zero-order valence-corrected chi connectivity index (χ0v) is 8.73. The van der Waals surface area contributed by atoms with Crippen LogP contribution in [0.25, 0.3) is 0 Å². The molecule has 0 aromatic heterocycles. The van der Waals surface area contributed by atoms with Gasteiger partial charge in [-0.05, 0) is 20.1 Å². The van der Waals surface area contributed by atoms with Crippen LogP contribution in [0, 0.1) is 0 Å². The quantitative estimate of drug-likeness (QED) is 0.691. The zero-order valence-electron chi connectivity index (χ0n) is 7.91. The minimum atomic E-state index is -0.833. The molecule has 0 aliphatic rings. The van der Waals surface area contributed by atoms with E-state index in [-0.39, 0.29) is 5.91 Å². The summed E-state index contributed by atoms with van der Waals surface area (Å²) in [5, 5.41) is 9.34. The van der Waals surface area contributed by atoms with E-state index in [4.69, 9.17) is 0 Å². The van der Waals surface area contributed by atoms with Gasteiger partial charge in [0.15, 0.2) is 0 Å². The molecule has 0 aromatic carbocycles. The van der Waals surface area contributed by atoms with Gasteiger partial charge in [0.25, 0.3) is 5.91 Å². The number of carbonyl (C=O) groups excluding carboxylic acids is 1. The lowest BCUT2D eigenvalue weighted by molar-refractivity contribution is -0.138. The minimum absolute atomic E-state index is 0.158. The largest absolute Gasteiger partial charge is 0.382 e. The number of rotatable bonds is 5. The maximum Gasteiger partial charge on any atom is 0.252 e. The van der Waals surface area contributed by atoms with Gasteiger partial charge in [0, 0.05) is 18.8 Å². The molecule has 12 heavy (non-hydrogen) atoms. The van der Waals surface area contributed by atoms with Crippen molar-refractivity contribution >= 4 is 17.7 Å². The molecule has 0 bridgehead atoms. The summed E-state index contributed by atoms with van der Waals surface area (Å²) in [5.74, 6) is 0.323. The van der Waals surface area contributed by atoms with Crippen LogP contribution >= 0.6 is 11.8 Å². The van der Waals surface area contributed by atoms with E-state index < -0.39 is 6.10 Å². The first-order valence-electron chi connectivity index (χ1n) is 4.13. The Morgan fingerprint density at radius 1 is 1.50 bits per heavy atom. The van der Waals surface area contributed by atoms with Crippen LogP contribution in [-0.2, 0) is 4.79 Å². The van der Waals surface area contributed by atoms with Gasteiger partial charge in [0.1, 0.15) is 6.10 Å². The molecule has 72 valence electrons. The Balaban J connectivity index is 3.97. The van der Waals surface area contributed by atoms with Gasteiger partial charge in [0.2, 0.25) is 0 Å². The Morgan fingerprint density at radius 3 is 2.33 bits per heavy atom. The Bertz CT molecular complexity index is 137. The van der Waals surface area contributed by atoms with Crippen molar-refractivity contribution in [2.75, 3.05) is 25.1 Å². The SMILES string of the molecule is CCN(CC)C(=O)C(O)CSC. The van der Waals surface area contributed by atoms with Gasteiger partial charge in [-0.3, -0.25) is 4.79 Å². The number of thioether (sulfide) groups is 1. The highest BCUT2D eigenvalue weighted by molar-refractivity contribution is 7.98. The number of amides is 1. The summed E-state index contributed by atoms with van der Waals surface area (Å²) in [6, 6.07) is 0. The van der Waals surface area contributed by atoms with E-state index in [9.17, 15) is 9.90 Å². The van der Waals surface area contributed by atoms with Crippen molar-refractivity contribution in [2.24, 2.45) is 0 Å². The molecule has 0 spiro atoms. The molecule has 0 aliphatic heterocycles. The molecule has 0 aliphatic carbocycles. The molecule has 0 saturated carbocycles. The summed E-state index contributed by atoms with van der Waals surface area (Å²) in [7, 11) is 0. The second-order valence-corrected chi connectivity index (χ2v) is 3.39. The third-order valence-corrected chi connectivity index (χ3v) is 2.33. The van der Waals surface area contributed by atoms with Crippen molar-refractivity contribution < 1.29 is 9.90 Å². The standard InChI is InChI=1S/C8H17NO2S/c1-4-9(5-2)8(11)7(10)6-12-3/h7,10H,4-6H2,1-3H3. The molecule has 0 heterocycles. The molecule has 1 N–H and O–H groups in total. The van der Waals surface area contributed by atoms with Crippen LogP contribution < -0.4 is 0 Å². The molecule has 1 unspecified atom stereocenters. The lowest BCUT2D eigenvalue weighted by Gasteiger charge is -2.21. The van der Waals surface area contributed by atoms with Crippen molar-refractivity contribution in [2.45, 2.75) is 20.0 Å². The average molecular weight is 191 g/mol. The fourth-order valence-electron chi connectivity index (χ4n) is 0.975. The smallest absolute Gasteiger partial charge is 0.252 e. The summed E-state index contributed by atoms with van der Waals surface area (Å²) in [5.41, 5.74) is 0. The second kappa shape index (κ2) is 6.31. The van der Waals surface area contributed by atoms with Crippen LogP contribution in [0.1, 0.15) is 13.8 Å². The van der Waals surface area contributed by atoms with E-state index in [1.54, 1.807) is 4.90 Å².